The van der Waals surface area contributed by atoms with Crippen molar-refractivity contribution in [3.8, 4) is 0 Å². The number of hydrogen-bond donors (Lipinski definition) is 2. The van der Waals surface area contributed by atoms with Crippen LogP contribution in [0.2, 0.25) is 10.0 Å². The topological polar surface area (TPSA) is 70.2 Å². The van der Waals surface area contributed by atoms with Gasteiger partial charge in [-0.1, -0.05) is 23.2 Å². The summed E-state index contributed by atoms with van der Waals surface area (Å²) in [5, 5.41) is 4.15. The average molecular weight is 419 g/mol. The number of halogens is 2. The lowest BCUT2D eigenvalue weighted by Gasteiger charge is -2.29. The van der Waals surface area contributed by atoms with Crippen molar-refractivity contribution in [2.45, 2.75) is 13.0 Å². The minimum Gasteiger partial charge on any atom is -0.378 e. The zero-order chi connectivity index (χ0) is 19.7. The van der Waals surface area contributed by atoms with Gasteiger partial charge in [-0.3, -0.25) is 4.79 Å². The number of hydrogen-bond acceptors (Lipinski definition) is 4. The van der Waals surface area contributed by atoms with Gasteiger partial charge in [0.2, 0.25) is 0 Å². The maximum absolute atomic E-state index is 12.7. The van der Waals surface area contributed by atoms with E-state index >= 15 is 0 Å². The van der Waals surface area contributed by atoms with Crippen molar-refractivity contribution in [2.75, 3.05) is 31.2 Å². The first-order valence-electron chi connectivity index (χ1n) is 9.09. The van der Waals surface area contributed by atoms with Gasteiger partial charge in [0.25, 0.3) is 5.91 Å². The molecule has 0 radical (unpaired) electrons. The summed E-state index contributed by atoms with van der Waals surface area (Å²) < 4.78 is 5.37. The molecule has 1 aliphatic heterocycles. The second-order valence-corrected chi connectivity index (χ2v) is 7.59. The molecule has 28 heavy (non-hydrogen) atoms. The molecule has 6 nitrogen and oxygen atoms in total. The van der Waals surface area contributed by atoms with Gasteiger partial charge in [0.1, 0.15) is 5.82 Å². The van der Waals surface area contributed by atoms with E-state index in [0.29, 0.717) is 34.6 Å². The molecule has 0 spiro atoms. The highest BCUT2D eigenvalue weighted by molar-refractivity contribution is 6.33. The number of aromatic nitrogens is 2. The Labute approximate surface area is 172 Å². The molecule has 1 amide bonds. The Hall–Kier alpha value is -2.28. The maximum atomic E-state index is 12.7. The van der Waals surface area contributed by atoms with Crippen molar-refractivity contribution in [1.82, 2.24) is 15.3 Å². The van der Waals surface area contributed by atoms with Gasteiger partial charge < -0.3 is 19.9 Å². The average Bonchev–Trinajstić information content (AvgIpc) is 3.12. The van der Waals surface area contributed by atoms with Crippen LogP contribution in [0.4, 0.5) is 5.69 Å². The first-order chi connectivity index (χ1) is 13.5. The predicted octanol–water partition coefficient (Wildman–Crippen LogP) is 4.20. The molecule has 1 aromatic heterocycles. The number of nitrogens with zero attached hydrogens (tertiary/aromatic N) is 2. The summed E-state index contributed by atoms with van der Waals surface area (Å²) in [6.07, 6.45) is 0. The summed E-state index contributed by atoms with van der Waals surface area (Å²) in [4.78, 5) is 22.6. The number of nitrogens with one attached hydrogen (secondary N) is 2. The largest absolute Gasteiger partial charge is 0.378 e. The number of ether oxygens (including phenoxy) is 1. The number of H-pyrrole nitrogens is 1. The Morgan fingerprint density at radius 2 is 2.00 bits per heavy atom. The van der Waals surface area contributed by atoms with Gasteiger partial charge in [-0.05, 0) is 43.3 Å². The lowest BCUT2D eigenvalue weighted by Crippen LogP contribution is -2.36. The van der Waals surface area contributed by atoms with Crippen molar-refractivity contribution >= 4 is 45.8 Å². The number of imidazole rings is 1. The van der Waals surface area contributed by atoms with Crippen molar-refractivity contribution < 1.29 is 9.53 Å². The van der Waals surface area contributed by atoms with Gasteiger partial charge in [0, 0.05) is 23.7 Å². The van der Waals surface area contributed by atoms with E-state index in [-0.39, 0.29) is 11.9 Å². The molecule has 2 heterocycles. The Kier molecular flexibility index (Phi) is 5.44. The van der Waals surface area contributed by atoms with Crippen LogP contribution in [0.15, 0.2) is 36.4 Å². The maximum Gasteiger partial charge on any atom is 0.251 e. The van der Waals surface area contributed by atoms with Crippen LogP contribution in [0, 0.1) is 0 Å². The van der Waals surface area contributed by atoms with Gasteiger partial charge >= 0.3 is 0 Å². The fraction of sp³-hybridized carbons (Fsp3) is 0.300. The molecule has 146 valence electrons. The number of rotatable bonds is 4. The zero-order valence-electron chi connectivity index (χ0n) is 15.3. The molecule has 2 N–H and O–H groups in total. The molecule has 1 atom stereocenters. The highest BCUT2D eigenvalue weighted by Gasteiger charge is 2.18. The minimum absolute atomic E-state index is 0.207. The summed E-state index contributed by atoms with van der Waals surface area (Å²) in [7, 11) is 0. The molecule has 2 aromatic carbocycles. The van der Waals surface area contributed by atoms with Crippen LogP contribution in [0.25, 0.3) is 11.0 Å². The second-order valence-electron chi connectivity index (χ2n) is 6.74. The van der Waals surface area contributed by atoms with Gasteiger partial charge in [0.15, 0.2) is 0 Å². The zero-order valence-corrected chi connectivity index (χ0v) is 16.8. The number of benzene rings is 2. The molecule has 0 aliphatic carbocycles. The minimum atomic E-state index is -0.295. The molecule has 0 unspecified atom stereocenters. The van der Waals surface area contributed by atoms with Gasteiger partial charge in [-0.2, -0.15) is 0 Å². The van der Waals surface area contributed by atoms with Crippen LogP contribution in [0.3, 0.4) is 0 Å². The van der Waals surface area contributed by atoms with Gasteiger partial charge in [-0.15, -0.1) is 0 Å². The van der Waals surface area contributed by atoms with Crippen LogP contribution in [0.1, 0.15) is 29.1 Å². The summed E-state index contributed by atoms with van der Waals surface area (Å²) in [6.45, 7) is 4.81. The van der Waals surface area contributed by atoms with Crippen molar-refractivity contribution in [2.24, 2.45) is 0 Å². The van der Waals surface area contributed by atoms with E-state index in [0.717, 1.165) is 29.8 Å². The fourth-order valence-electron chi connectivity index (χ4n) is 3.26. The van der Waals surface area contributed by atoms with Crippen LogP contribution >= 0.6 is 23.2 Å². The van der Waals surface area contributed by atoms with Gasteiger partial charge in [0.05, 0.1) is 41.0 Å². The lowest BCUT2D eigenvalue weighted by molar-refractivity contribution is 0.0938. The van der Waals surface area contributed by atoms with Crippen LogP contribution in [-0.2, 0) is 4.74 Å². The van der Waals surface area contributed by atoms with Crippen molar-refractivity contribution in [1.29, 1.82) is 0 Å². The fourth-order valence-corrected chi connectivity index (χ4v) is 3.74. The van der Waals surface area contributed by atoms with Crippen LogP contribution in [0.5, 0.6) is 0 Å². The molecule has 0 bridgehead atoms. The van der Waals surface area contributed by atoms with E-state index < -0.39 is 0 Å². The summed E-state index contributed by atoms with van der Waals surface area (Å²) in [5.41, 5.74) is 3.07. The molecular weight excluding hydrogens is 399 g/mol. The molecule has 4 rings (SSSR count). The number of carbonyl (C=O) groups excluding carboxylic acids is 1. The van der Waals surface area contributed by atoms with E-state index in [4.69, 9.17) is 27.9 Å². The quantitative estimate of drug-likeness (QED) is 0.665. The number of morpholine rings is 1. The first-order valence-corrected chi connectivity index (χ1v) is 9.85. The normalized spacial score (nSPS) is 15.6. The highest BCUT2D eigenvalue weighted by Crippen LogP contribution is 2.28. The van der Waals surface area contributed by atoms with Crippen molar-refractivity contribution in [3.05, 3.63) is 57.8 Å². The third-order valence-electron chi connectivity index (χ3n) is 4.78. The molecule has 1 aliphatic rings. The Bertz CT molecular complexity index is 1010. The molecule has 8 heteroatoms. The second kappa shape index (κ2) is 7.99. The number of amides is 1. The van der Waals surface area contributed by atoms with Crippen molar-refractivity contribution in [3.63, 3.8) is 0 Å². The summed E-state index contributed by atoms with van der Waals surface area (Å²) >= 11 is 12.5. The Balaban J connectivity index is 1.48. The highest BCUT2D eigenvalue weighted by atomic mass is 35.5. The summed E-state index contributed by atoms with van der Waals surface area (Å²) in [5.74, 6) is 0.461. The van der Waals surface area contributed by atoms with E-state index in [9.17, 15) is 4.79 Å². The third-order valence-corrected chi connectivity index (χ3v) is 5.32. The summed E-state index contributed by atoms with van der Waals surface area (Å²) in [6, 6.07) is 10.5. The lowest BCUT2D eigenvalue weighted by atomic mass is 10.1. The number of fused-ring (bicyclic) bond motifs is 1. The molecule has 3 aromatic rings. The van der Waals surface area contributed by atoms with E-state index in [1.807, 2.05) is 25.1 Å². The van der Waals surface area contributed by atoms with Gasteiger partial charge in [-0.25, -0.2) is 4.98 Å². The third kappa shape index (κ3) is 3.94. The molecule has 1 fully saturated rings. The number of carbonyl (C=O) groups is 1. The standard InChI is InChI=1S/C20H20Cl2N4O2/c1-12(19-24-16-4-3-14(21)11-17(16)25-19)23-20(27)13-2-5-18(15(22)10-13)26-6-8-28-9-7-26/h2-5,10-12H,6-9H2,1H3,(H,23,27)(H,24,25)/t12-/m0/s1. The monoisotopic (exact) mass is 418 g/mol. The Morgan fingerprint density at radius 1 is 1.21 bits per heavy atom. The number of aromatic amines is 1. The smallest absolute Gasteiger partial charge is 0.251 e. The van der Waals surface area contributed by atoms with E-state index in [2.05, 4.69) is 20.2 Å². The van der Waals surface area contributed by atoms with E-state index in [1.54, 1.807) is 18.2 Å². The first kappa shape index (κ1) is 19.1. The van der Waals surface area contributed by atoms with Crippen LogP contribution in [-0.4, -0.2) is 42.2 Å². The van der Waals surface area contributed by atoms with E-state index in [1.165, 1.54) is 0 Å². The Morgan fingerprint density at radius 3 is 2.75 bits per heavy atom. The molecule has 1 saturated heterocycles. The SMILES string of the molecule is C[C@H](NC(=O)c1ccc(N2CCOCC2)c(Cl)c1)c1nc2ccc(Cl)cc2[nH]1. The molecular formula is C20H20Cl2N4O2. The predicted molar refractivity (Wildman–Crippen MR) is 111 cm³/mol. The number of anilines is 1. The molecule has 0 saturated carbocycles. The van der Waals surface area contributed by atoms with Crippen LogP contribution < -0.4 is 10.2 Å².